The van der Waals surface area contributed by atoms with Gasteiger partial charge in [-0.2, -0.15) is 0 Å². The van der Waals surface area contributed by atoms with Gasteiger partial charge in [0.15, 0.2) is 11.5 Å². The molecule has 148 valence electrons. The first-order chi connectivity index (χ1) is 13.5. The van der Waals surface area contributed by atoms with E-state index in [-0.39, 0.29) is 24.5 Å². The van der Waals surface area contributed by atoms with Crippen molar-refractivity contribution in [2.45, 2.75) is 26.8 Å². The van der Waals surface area contributed by atoms with Crippen molar-refractivity contribution in [1.29, 1.82) is 0 Å². The Morgan fingerprint density at radius 3 is 2.46 bits per heavy atom. The van der Waals surface area contributed by atoms with E-state index in [0.29, 0.717) is 35.1 Å². The van der Waals surface area contributed by atoms with Gasteiger partial charge in [0.05, 0.1) is 6.61 Å². The van der Waals surface area contributed by atoms with Gasteiger partial charge in [0.25, 0.3) is 5.91 Å². The van der Waals surface area contributed by atoms with E-state index in [0.717, 1.165) is 0 Å². The fraction of sp³-hybridized carbons (Fsp3) is 0.333. The van der Waals surface area contributed by atoms with Crippen molar-refractivity contribution in [3.05, 3.63) is 48.0 Å². The highest BCUT2D eigenvalue weighted by Crippen LogP contribution is 2.34. The molecule has 0 unspecified atom stereocenters. The van der Waals surface area contributed by atoms with Crippen LogP contribution in [0.1, 0.15) is 31.1 Å². The van der Waals surface area contributed by atoms with Crippen LogP contribution in [0.4, 0.5) is 5.69 Å². The lowest BCUT2D eigenvalue weighted by Crippen LogP contribution is -2.47. The van der Waals surface area contributed by atoms with Crippen LogP contribution in [0.15, 0.2) is 42.5 Å². The Hall–Kier alpha value is -3.22. The van der Waals surface area contributed by atoms with Crippen molar-refractivity contribution in [2.24, 2.45) is 5.92 Å². The van der Waals surface area contributed by atoms with E-state index in [2.05, 4.69) is 10.6 Å². The van der Waals surface area contributed by atoms with Gasteiger partial charge in [0, 0.05) is 17.3 Å². The average molecular weight is 384 g/mol. The monoisotopic (exact) mass is 384 g/mol. The van der Waals surface area contributed by atoms with E-state index in [1.807, 2.05) is 20.8 Å². The number of carbonyl (C=O) groups is 2. The number of hydrogen-bond acceptors (Lipinski definition) is 5. The SMILES string of the molecule is CCOc1ccc(C(=O)N[C@@H](C(=O)Nc2ccc3c(c2)OCO3)C(C)C)cc1. The van der Waals surface area contributed by atoms with Gasteiger partial charge in [0.2, 0.25) is 12.7 Å². The number of rotatable bonds is 7. The van der Waals surface area contributed by atoms with Gasteiger partial charge < -0.3 is 24.8 Å². The number of fused-ring (bicyclic) bond motifs is 1. The van der Waals surface area contributed by atoms with Gasteiger partial charge >= 0.3 is 0 Å². The second-order valence-electron chi connectivity index (χ2n) is 6.71. The molecule has 1 aliphatic heterocycles. The second kappa shape index (κ2) is 8.65. The van der Waals surface area contributed by atoms with Crippen molar-refractivity contribution >= 4 is 17.5 Å². The fourth-order valence-corrected chi connectivity index (χ4v) is 2.82. The van der Waals surface area contributed by atoms with Crippen LogP contribution < -0.4 is 24.8 Å². The maximum absolute atomic E-state index is 12.7. The highest BCUT2D eigenvalue weighted by Gasteiger charge is 2.25. The minimum absolute atomic E-state index is 0.0966. The Kier molecular flexibility index (Phi) is 6.03. The van der Waals surface area contributed by atoms with Crippen LogP contribution in [0.2, 0.25) is 0 Å². The van der Waals surface area contributed by atoms with E-state index in [9.17, 15) is 9.59 Å². The smallest absolute Gasteiger partial charge is 0.251 e. The Bertz CT molecular complexity index is 848. The minimum atomic E-state index is -0.690. The minimum Gasteiger partial charge on any atom is -0.494 e. The summed E-state index contributed by atoms with van der Waals surface area (Å²) >= 11 is 0. The van der Waals surface area contributed by atoms with E-state index in [1.165, 1.54) is 0 Å². The molecule has 2 amide bonds. The van der Waals surface area contributed by atoms with Crippen LogP contribution in [0.5, 0.6) is 17.2 Å². The number of carbonyl (C=O) groups excluding carboxylic acids is 2. The summed E-state index contributed by atoms with van der Waals surface area (Å²) in [5.74, 6) is 1.20. The topological polar surface area (TPSA) is 85.9 Å². The molecule has 2 aromatic carbocycles. The molecule has 7 nitrogen and oxygen atoms in total. The quantitative estimate of drug-likeness (QED) is 0.766. The summed E-state index contributed by atoms with van der Waals surface area (Å²) in [4.78, 5) is 25.3. The van der Waals surface area contributed by atoms with Crippen LogP contribution in [0, 0.1) is 5.92 Å². The lowest BCUT2D eigenvalue weighted by molar-refractivity contribution is -0.118. The largest absolute Gasteiger partial charge is 0.494 e. The number of hydrogen-bond donors (Lipinski definition) is 2. The number of ether oxygens (including phenoxy) is 3. The van der Waals surface area contributed by atoms with Gasteiger partial charge in [-0.1, -0.05) is 13.8 Å². The molecule has 28 heavy (non-hydrogen) atoms. The van der Waals surface area contributed by atoms with Gasteiger partial charge in [-0.05, 0) is 49.2 Å². The summed E-state index contributed by atoms with van der Waals surface area (Å²) in [6.45, 7) is 6.37. The van der Waals surface area contributed by atoms with Crippen molar-refractivity contribution in [2.75, 3.05) is 18.7 Å². The predicted molar refractivity (Wildman–Crippen MR) is 105 cm³/mol. The zero-order chi connectivity index (χ0) is 20.1. The zero-order valence-corrected chi connectivity index (χ0v) is 16.2. The second-order valence-corrected chi connectivity index (χ2v) is 6.71. The highest BCUT2D eigenvalue weighted by molar-refractivity contribution is 6.01. The molecule has 1 aliphatic rings. The lowest BCUT2D eigenvalue weighted by atomic mass is 10.0. The third kappa shape index (κ3) is 4.54. The van der Waals surface area contributed by atoms with Crippen LogP contribution in [-0.4, -0.2) is 31.3 Å². The molecule has 0 aliphatic carbocycles. The van der Waals surface area contributed by atoms with E-state index >= 15 is 0 Å². The number of nitrogens with one attached hydrogen (secondary N) is 2. The highest BCUT2D eigenvalue weighted by atomic mass is 16.7. The normalized spacial score (nSPS) is 13.1. The summed E-state index contributed by atoms with van der Waals surface area (Å²) < 4.78 is 16.0. The molecule has 3 rings (SSSR count). The molecular weight excluding hydrogens is 360 g/mol. The van der Waals surface area contributed by atoms with Crippen molar-refractivity contribution in [1.82, 2.24) is 5.32 Å². The van der Waals surface area contributed by atoms with Gasteiger partial charge in [-0.3, -0.25) is 9.59 Å². The summed E-state index contributed by atoms with van der Waals surface area (Å²) in [5, 5.41) is 5.64. The van der Waals surface area contributed by atoms with Crippen molar-refractivity contribution < 1.29 is 23.8 Å². The third-order valence-electron chi connectivity index (χ3n) is 4.30. The Labute approximate surface area is 164 Å². The number of anilines is 1. The molecule has 0 aromatic heterocycles. The Morgan fingerprint density at radius 1 is 1.07 bits per heavy atom. The van der Waals surface area contributed by atoms with Crippen molar-refractivity contribution in [3.8, 4) is 17.2 Å². The average Bonchev–Trinajstić information content (AvgIpc) is 3.14. The molecule has 1 atom stereocenters. The first-order valence-corrected chi connectivity index (χ1v) is 9.22. The van der Waals surface area contributed by atoms with Gasteiger partial charge in [-0.15, -0.1) is 0 Å². The molecule has 2 aromatic rings. The van der Waals surface area contributed by atoms with Crippen LogP contribution in [-0.2, 0) is 4.79 Å². The first kappa shape index (κ1) is 19.5. The number of benzene rings is 2. The summed E-state index contributed by atoms with van der Waals surface area (Å²) in [7, 11) is 0. The van der Waals surface area contributed by atoms with E-state index in [4.69, 9.17) is 14.2 Å². The Morgan fingerprint density at radius 2 is 1.79 bits per heavy atom. The molecule has 7 heteroatoms. The van der Waals surface area contributed by atoms with Gasteiger partial charge in [0.1, 0.15) is 11.8 Å². The summed E-state index contributed by atoms with van der Waals surface area (Å²) in [6, 6.07) is 11.3. The fourth-order valence-electron chi connectivity index (χ4n) is 2.82. The lowest BCUT2D eigenvalue weighted by Gasteiger charge is -2.22. The van der Waals surface area contributed by atoms with E-state index < -0.39 is 6.04 Å². The molecule has 2 N–H and O–H groups in total. The summed E-state index contributed by atoms with van der Waals surface area (Å²) in [5.41, 5.74) is 1.04. The summed E-state index contributed by atoms with van der Waals surface area (Å²) in [6.07, 6.45) is 0. The maximum Gasteiger partial charge on any atom is 0.251 e. The van der Waals surface area contributed by atoms with Crippen LogP contribution in [0.25, 0.3) is 0 Å². The molecular formula is C21H24N2O5. The molecule has 0 spiro atoms. The predicted octanol–water partition coefficient (Wildman–Crippen LogP) is 3.21. The molecule has 0 radical (unpaired) electrons. The standard InChI is InChI=1S/C21H24N2O5/c1-4-26-16-8-5-14(6-9-16)20(24)23-19(13(2)3)21(25)22-15-7-10-17-18(11-15)28-12-27-17/h5-11,13,19H,4,12H2,1-3H3,(H,22,25)(H,23,24)/t19-/m1/s1. The molecule has 0 bridgehead atoms. The number of amides is 2. The van der Waals surface area contributed by atoms with Crippen molar-refractivity contribution in [3.63, 3.8) is 0 Å². The molecule has 0 fully saturated rings. The third-order valence-corrected chi connectivity index (χ3v) is 4.30. The van der Waals surface area contributed by atoms with Crippen LogP contribution in [0.3, 0.4) is 0 Å². The zero-order valence-electron chi connectivity index (χ0n) is 16.2. The van der Waals surface area contributed by atoms with Gasteiger partial charge in [-0.25, -0.2) is 0 Å². The Balaban J connectivity index is 1.66. The van der Waals surface area contributed by atoms with Crippen LogP contribution >= 0.6 is 0 Å². The maximum atomic E-state index is 12.7. The first-order valence-electron chi connectivity index (χ1n) is 9.22. The molecule has 0 saturated heterocycles. The molecule has 0 saturated carbocycles. The molecule has 1 heterocycles. The van der Waals surface area contributed by atoms with E-state index in [1.54, 1.807) is 42.5 Å².